The molecule has 108 valence electrons. The minimum absolute atomic E-state index is 0.682. The molecule has 0 saturated carbocycles. The van der Waals surface area contributed by atoms with Crippen LogP contribution in [-0.4, -0.2) is 62.2 Å². The highest BCUT2D eigenvalue weighted by molar-refractivity contribution is 4.80. The standard InChI is InChI=1S/C15H33N3/c1-13(2)11-16-9-8-14(3)18(5)15-7-6-10-17(4)12-15/h13-16H,6-12H2,1-5H3. The Morgan fingerprint density at radius 2 is 2.06 bits per heavy atom. The summed E-state index contributed by atoms with van der Waals surface area (Å²) in [7, 11) is 4.55. The normalized spacial score (nSPS) is 23.8. The highest BCUT2D eigenvalue weighted by atomic mass is 15.2. The molecule has 1 N–H and O–H groups in total. The van der Waals surface area contributed by atoms with Crippen LogP contribution in [0.3, 0.4) is 0 Å². The molecule has 0 spiro atoms. The predicted octanol–water partition coefficient (Wildman–Crippen LogP) is 2.04. The first-order chi connectivity index (χ1) is 8.50. The number of nitrogens with zero attached hydrogens (tertiary/aromatic N) is 2. The monoisotopic (exact) mass is 255 g/mol. The third-order valence-corrected chi connectivity index (χ3v) is 4.16. The van der Waals surface area contributed by atoms with Gasteiger partial charge in [-0.2, -0.15) is 0 Å². The smallest absolute Gasteiger partial charge is 0.0223 e. The topological polar surface area (TPSA) is 18.5 Å². The summed E-state index contributed by atoms with van der Waals surface area (Å²) in [4.78, 5) is 5.06. The lowest BCUT2D eigenvalue weighted by Crippen LogP contribution is -2.48. The summed E-state index contributed by atoms with van der Waals surface area (Å²) in [5, 5.41) is 3.55. The highest BCUT2D eigenvalue weighted by Crippen LogP contribution is 2.16. The molecule has 1 rings (SSSR count). The van der Waals surface area contributed by atoms with Crippen molar-refractivity contribution >= 4 is 0 Å². The van der Waals surface area contributed by atoms with Crippen molar-refractivity contribution < 1.29 is 0 Å². The summed E-state index contributed by atoms with van der Waals surface area (Å²) in [5.74, 6) is 0.755. The fraction of sp³-hybridized carbons (Fsp3) is 1.00. The Balaban J connectivity index is 2.21. The van der Waals surface area contributed by atoms with Gasteiger partial charge < -0.3 is 10.2 Å². The summed E-state index contributed by atoms with van der Waals surface area (Å²) >= 11 is 0. The second-order valence-electron chi connectivity index (χ2n) is 6.46. The SMILES string of the molecule is CC(C)CNCCC(C)N(C)C1CCCN(C)C1. The maximum Gasteiger partial charge on any atom is 0.0223 e. The van der Waals surface area contributed by atoms with Crippen LogP contribution in [0.25, 0.3) is 0 Å². The van der Waals surface area contributed by atoms with Crippen LogP contribution in [0.1, 0.15) is 40.0 Å². The second kappa shape index (κ2) is 8.13. The van der Waals surface area contributed by atoms with Crippen molar-refractivity contribution in [2.24, 2.45) is 5.92 Å². The van der Waals surface area contributed by atoms with Gasteiger partial charge in [0.2, 0.25) is 0 Å². The van der Waals surface area contributed by atoms with Crippen molar-refractivity contribution in [1.29, 1.82) is 0 Å². The molecule has 0 aromatic heterocycles. The molecule has 1 heterocycles. The van der Waals surface area contributed by atoms with E-state index in [1.165, 1.54) is 32.4 Å². The first-order valence-electron chi connectivity index (χ1n) is 7.62. The zero-order valence-corrected chi connectivity index (χ0v) is 13.1. The molecule has 0 radical (unpaired) electrons. The Hall–Kier alpha value is -0.120. The molecule has 18 heavy (non-hydrogen) atoms. The Morgan fingerprint density at radius 3 is 2.67 bits per heavy atom. The zero-order valence-electron chi connectivity index (χ0n) is 13.1. The number of hydrogen-bond acceptors (Lipinski definition) is 3. The van der Waals surface area contributed by atoms with E-state index in [4.69, 9.17) is 0 Å². The van der Waals surface area contributed by atoms with E-state index < -0.39 is 0 Å². The minimum Gasteiger partial charge on any atom is -0.316 e. The number of nitrogens with one attached hydrogen (secondary N) is 1. The first-order valence-corrected chi connectivity index (χ1v) is 7.62. The number of piperidine rings is 1. The lowest BCUT2D eigenvalue weighted by atomic mass is 10.0. The largest absolute Gasteiger partial charge is 0.316 e. The van der Waals surface area contributed by atoms with Gasteiger partial charge in [-0.3, -0.25) is 4.90 Å². The van der Waals surface area contributed by atoms with Crippen molar-refractivity contribution in [3.8, 4) is 0 Å². The zero-order chi connectivity index (χ0) is 13.5. The Morgan fingerprint density at radius 1 is 1.33 bits per heavy atom. The lowest BCUT2D eigenvalue weighted by Gasteiger charge is -2.39. The van der Waals surface area contributed by atoms with Gasteiger partial charge >= 0.3 is 0 Å². The van der Waals surface area contributed by atoms with Gasteiger partial charge in [-0.15, -0.1) is 0 Å². The van der Waals surface area contributed by atoms with Crippen molar-refractivity contribution in [1.82, 2.24) is 15.1 Å². The fourth-order valence-corrected chi connectivity index (χ4v) is 2.74. The summed E-state index contributed by atoms with van der Waals surface area (Å²) in [6, 6.07) is 1.44. The van der Waals surface area contributed by atoms with Gasteiger partial charge in [0.1, 0.15) is 0 Å². The summed E-state index contributed by atoms with van der Waals surface area (Å²) < 4.78 is 0. The van der Waals surface area contributed by atoms with Crippen LogP contribution < -0.4 is 5.32 Å². The molecule has 1 fully saturated rings. The molecule has 0 aromatic carbocycles. The molecular formula is C15H33N3. The molecule has 1 saturated heterocycles. The third-order valence-electron chi connectivity index (χ3n) is 4.16. The first kappa shape index (κ1) is 15.9. The highest BCUT2D eigenvalue weighted by Gasteiger charge is 2.23. The van der Waals surface area contributed by atoms with Crippen LogP contribution in [0, 0.1) is 5.92 Å². The van der Waals surface area contributed by atoms with Gasteiger partial charge in [-0.25, -0.2) is 0 Å². The van der Waals surface area contributed by atoms with Crippen LogP contribution in [0.15, 0.2) is 0 Å². The van der Waals surface area contributed by atoms with Gasteiger partial charge in [-0.05, 0) is 65.8 Å². The quantitative estimate of drug-likeness (QED) is 0.702. The number of likely N-dealkylation sites (tertiary alicyclic amines) is 1. The maximum absolute atomic E-state index is 3.55. The van der Waals surface area contributed by atoms with Gasteiger partial charge in [0.25, 0.3) is 0 Å². The lowest BCUT2D eigenvalue weighted by molar-refractivity contribution is 0.101. The van der Waals surface area contributed by atoms with Gasteiger partial charge in [0, 0.05) is 18.6 Å². The molecule has 2 unspecified atom stereocenters. The van der Waals surface area contributed by atoms with Crippen LogP contribution in [0.5, 0.6) is 0 Å². The van der Waals surface area contributed by atoms with E-state index in [0.717, 1.165) is 25.0 Å². The van der Waals surface area contributed by atoms with Crippen LogP contribution in [0.2, 0.25) is 0 Å². The van der Waals surface area contributed by atoms with Crippen molar-refractivity contribution in [3.05, 3.63) is 0 Å². The molecule has 3 nitrogen and oxygen atoms in total. The molecule has 0 aromatic rings. The van der Waals surface area contributed by atoms with Gasteiger partial charge in [0.15, 0.2) is 0 Å². The summed E-state index contributed by atoms with van der Waals surface area (Å²) in [6.07, 6.45) is 3.97. The fourth-order valence-electron chi connectivity index (χ4n) is 2.74. The molecule has 1 aliphatic rings. The maximum atomic E-state index is 3.55. The number of hydrogen-bond donors (Lipinski definition) is 1. The number of rotatable bonds is 7. The molecule has 3 heteroatoms. The van der Waals surface area contributed by atoms with Crippen molar-refractivity contribution in [2.45, 2.75) is 52.1 Å². The van der Waals surface area contributed by atoms with Crippen LogP contribution in [0.4, 0.5) is 0 Å². The number of likely N-dealkylation sites (N-methyl/N-ethyl adjacent to an activating group) is 2. The van der Waals surface area contributed by atoms with E-state index >= 15 is 0 Å². The molecule has 0 bridgehead atoms. The summed E-state index contributed by atoms with van der Waals surface area (Å²) in [6.45, 7) is 11.7. The van der Waals surface area contributed by atoms with Crippen molar-refractivity contribution in [3.63, 3.8) is 0 Å². The van der Waals surface area contributed by atoms with Crippen LogP contribution in [-0.2, 0) is 0 Å². The predicted molar refractivity (Wildman–Crippen MR) is 80.1 cm³/mol. The second-order valence-corrected chi connectivity index (χ2v) is 6.46. The average molecular weight is 255 g/mol. The molecule has 0 aliphatic carbocycles. The van der Waals surface area contributed by atoms with E-state index in [2.05, 4.69) is 50.0 Å². The molecular weight excluding hydrogens is 222 g/mol. The molecule has 1 aliphatic heterocycles. The molecule has 0 amide bonds. The summed E-state index contributed by atoms with van der Waals surface area (Å²) in [5.41, 5.74) is 0. The Bertz CT molecular complexity index is 218. The van der Waals surface area contributed by atoms with E-state index in [-0.39, 0.29) is 0 Å². The average Bonchev–Trinajstić information content (AvgIpc) is 2.33. The van der Waals surface area contributed by atoms with E-state index in [1.54, 1.807) is 0 Å². The van der Waals surface area contributed by atoms with E-state index in [0.29, 0.717) is 6.04 Å². The Labute approximate surface area is 114 Å². The Kier molecular flexibility index (Phi) is 7.20. The minimum atomic E-state index is 0.682. The van der Waals surface area contributed by atoms with E-state index in [9.17, 15) is 0 Å². The third kappa shape index (κ3) is 5.68. The van der Waals surface area contributed by atoms with Crippen LogP contribution >= 0.6 is 0 Å². The van der Waals surface area contributed by atoms with Crippen molar-refractivity contribution in [2.75, 3.05) is 40.3 Å². The molecule has 2 atom stereocenters. The van der Waals surface area contributed by atoms with Gasteiger partial charge in [0.05, 0.1) is 0 Å². The van der Waals surface area contributed by atoms with E-state index in [1.807, 2.05) is 0 Å². The van der Waals surface area contributed by atoms with Gasteiger partial charge in [-0.1, -0.05) is 13.8 Å².